The Morgan fingerprint density at radius 1 is 1.15 bits per heavy atom. The summed E-state index contributed by atoms with van der Waals surface area (Å²) in [6, 6.07) is 12.9. The molecule has 0 aromatic heterocycles. The van der Waals surface area contributed by atoms with E-state index in [0.717, 1.165) is 11.1 Å². The molecule has 4 heteroatoms. The average Bonchev–Trinajstić information content (AvgIpc) is 2.93. The molecule has 4 nitrogen and oxygen atoms in total. The minimum absolute atomic E-state index is 0.192. The lowest BCUT2D eigenvalue weighted by Gasteiger charge is -2.07. The molecule has 102 valence electrons. The molecule has 0 saturated heterocycles. The minimum atomic E-state index is -0.369. The summed E-state index contributed by atoms with van der Waals surface area (Å²) in [4.78, 5) is 12.0. The molecule has 0 bridgehead atoms. The third kappa shape index (κ3) is 2.45. The molecular weight excluding hydrogens is 256 g/mol. The van der Waals surface area contributed by atoms with Gasteiger partial charge in [-0.3, -0.25) is 0 Å². The fraction of sp³-hybridized carbons (Fsp3) is 0.188. The van der Waals surface area contributed by atoms with Gasteiger partial charge in [-0.05, 0) is 36.2 Å². The Morgan fingerprint density at radius 2 is 1.95 bits per heavy atom. The van der Waals surface area contributed by atoms with Gasteiger partial charge in [0.15, 0.2) is 11.5 Å². The van der Waals surface area contributed by atoms with E-state index in [4.69, 9.17) is 14.2 Å². The molecule has 1 aliphatic heterocycles. The maximum Gasteiger partial charge on any atom is 0.338 e. The van der Waals surface area contributed by atoms with E-state index in [1.165, 1.54) is 0 Å². The normalized spacial score (nSPS) is 12.2. The first kappa shape index (κ1) is 12.5. The first-order valence-corrected chi connectivity index (χ1v) is 6.35. The smallest absolute Gasteiger partial charge is 0.338 e. The van der Waals surface area contributed by atoms with Crippen LogP contribution < -0.4 is 9.47 Å². The van der Waals surface area contributed by atoms with Gasteiger partial charge in [-0.2, -0.15) is 0 Å². The van der Waals surface area contributed by atoms with Crippen LogP contribution in [0.15, 0.2) is 42.5 Å². The number of esters is 1. The fourth-order valence-corrected chi connectivity index (χ4v) is 2.02. The highest BCUT2D eigenvalue weighted by Gasteiger charge is 2.17. The summed E-state index contributed by atoms with van der Waals surface area (Å²) in [7, 11) is 0. The Morgan fingerprint density at radius 3 is 2.80 bits per heavy atom. The lowest BCUT2D eigenvalue weighted by Crippen LogP contribution is -2.05. The molecule has 0 N–H and O–H groups in total. The van der Waals surface area contributed by atoms with E-state index in [-0.39, 0.29) is 19.4 Å². The van der Waals surface area contributed by atoms with Crippen molar-refractivity contribution >= 4 is 5.97 Å². The minimum Gasteiger partial charge on any atom is -0.457 e. The monoisotopic (exact) mass is 270 g/mol. The van der Waals surface area contributed by atoms with Crippen LogP contribution in [0.2, 0.25) is 0 Å². The number of carbonyl (C=O) groups is 1. The fourth-order valence-electron chi connectivity index (χ4n) is 2.02. The van der Waals surface area contributed by atoms with Gasteiger partial charge in [0.05, 0.1) is 5.56 Å². The Hall–Kier alpha value is -2.49. The van der Waals surface area contributed by atoms with Crippen LogP contribution in [-0.2, 0) is 11.3 Å². The van der Waals surface area contributed by atoms with Gasteiger partial charge in [-0.15, -0.1) is 0 Å². The van der Waals surface area contributed by atoms with Gasteiger partial charge in [0.1, 0.15) is 6.61 Å². The van der Waals surface area contributed by atoms with E-state index in [1.807, 2.05) is 31.2 Å². The molecule has 20 heavy (non-hydrogen) atoms. The van der Waals surface area contributed by atoms with Crippen LogP contribution >= 0.6 is 0 Å². The molecule has 0 radical (unpaired) electrons. The first-order chi connectivity index (χ1) is 9.74. The summed E-state index contributed by atoms with van der Waals surface area (Å²) >= 11 is 0. The molecule has 2 aromatic rings. The zero-order chi connectivity index (χ0) is 13.9. The van der Waals surface area contributed by atoms with Crippen molar-refractivity contribution in [3.8, 4) is 11.5 Å². The van der Waals surface area contributed by atoms with Crippen LogP contribution in [0.5, 0.6) is 11.5 Å². The van der Waals surface area contributed by atoms with Gasteiger partial charge in [-0.25, -0.2) is 4.79 Å². The van der Waals surface area contributed by atoms with Crippen molar-refractivity contribution < 1.29 is 19.0 Å². The van der Waals surface area contributed by atoms with Gasteiger partial charge >= 0.3 is 5.97 Å². The third-order valence-electron chi connectivity index (χ3n) is 3.23. The van der Waals surface area contributed by atoms with Crippen LogP contribution in [0.3, 0.4) is 0 Å². The van der Waals surface area contributed by atoms with E-state index < -0.39 is 0 Å². The number of hydrogen-bond donors (Lipinski definition) is 0. The van der Waals surface area contributed by atoms with Crippen molar-refractivity contribution in [1.82, 2.24) is 0 Å². The van der Waals surface area contributed by atoms with Gasteiger partial charge in [0.25, 0.3) is 0 Å². The molecule has 0 amide bonds. The van der Waals surface area contributed by atoms with Crippen LogP contribution in [0.4, 0.5) is 0 Å². The van der Waals surface area contributed by atoms with Crippen molar-refractivity contribution in [2.75, 3.05) is 6.79 Å². The summed E-state index contributed by atoms with van der Waals surface area (Å²) in [5.74, 6) is 0.863. The number of carbonyl (C=O) groups excluding carboxylic acids is 1. The maximum atomic E-state index is 12.0. The number of benzene rings is 2. The molecule has 2 aromatic carbocycles. The number of fused-ring (bicyclic) bond motifs is 1. The highest BCUT2D eigenvalue weighted by molar-refractivity contribution is 5.90. The van der Waals surface area contributed by atoms with Gasteiger partial charge in [0.2, 0.25) is 6.79 Å². The largest absolute Gasteiger partial charge is 0.457 e. The Bertz CT molecular complexity index is 649. The summed E-state index contributed by atoms with van der Waals surface area (Å²) in [5.41, 5.74) is 2.57. The number of aryl methyl sites for hydroxylation is 1. The molecule has 0 aliphatic carbocycles. The highest BCUT2D eigenvalue weighted by Crippen LogP contribution is 2.32. The molecule has 1 heterocycles. The van der Waals surface area contributed by atoms with Crippen molar-refractivity contribution in [2.24, 2.45) is 0 Å². The van der Waals surface area contributed by atoms with Crippen LogP contribution in [0, 0.1) is 6.92 Å². The van der Waals surface area contributed by atoms with E-state index >= 15 is 0 Å². The van der Waals surface area contributed by atoms with E-state index in [2.05, 4.69) is 0 Å². The SMILES string of the molecule is Cc1ccccc1COC(=O)c1ccc2c(c1)OCO2. The van der Waals surface area contributed by atoms with Gasteiger partial charge < -0.3 is 14.2 Å². The van der Waals surface area contributed by atoms with Gasteiger partial charge in [0, 0.05) is 0 Å². The van der Waals surface area contributed by atoms with E-state index in [9.17, 15) is 4.79 Å². The molecule has 0 fully saturated rings. The summed E-state index contributed by atoms with van der Waals surface area (Å²) in [6.07, 6.45) is 0. The quantitative estimate of drug-likeness (QED) is 0.804. The zero-order valence-corrected chi connectivity index (χ0v) is 11.1. The van der Waals surface area contributed by atoms with E-state index in [1.54, 1.807) is 18.2 Å². The predicted octanol–water partition coefficient (Wildman–Crippen LogP) is 3.08. The number of ether oxygens (including phenoxy) is 3. The molecule has 3 rings (SSSR count). The number of rotatable bonds is 3. The van der Waals surface area contributed by atoms with Crippen LogP contribution in [0.1, 0.15) is 21.5 Å². The Kier molecular flexibility index (Phi) is 3.29. The van der Waals surface area contributed by atoms with Crippen molar-refractivity contribution in [1.29, 1.82) is 0 Å². The molecule has 0 saturated carbocycles. The Balaban J connectivity index is 1.69. The lowest BCUT2D eigenvalue weighted by molar-refractivity contribution is 0.0471. The second kappa shape index (κ2) is 5.25. The summed E-state index contributed by atoms with van der Waals surface area (Å²) in [5, 5.41) is 0. The van der Waals surface area contributed by atoms with Crippen LogP contribution in [0.25, 0.3) is 0 Å². The standard InChI is InChI=1S/C16H14O4/c1-11-4-2-3-5-13(11)9-18-16(17)12-6-7-14-15(8-12)20-10-19-14/h2-8H,9-10H2,1H3. The molecular formula is C16H14O4. The second-order valence-corrected chi connectivity index (χ2v) is 4.57. The van der Waals surface area contributed by atoms with Crippen molar-refractivity contribution in [2.45, 2.75) is 13.5 Å². The summed E-state index contributed by atoms with van der Waals surface area (Å²) in [6.45, 7) is 2.45. The molecule has 0 spiro atoms. The van der Waals surface area contributed by atoms with Crippen LogP contribution in [-0.4, -0.2) is 12.8 Å². The average molecular weight is 270 g/mol. The number of hydrogen-bond acceptors (Lipinski definition) is 4. The topological polar surface area (TPSA) is 44.8 Å². The van der Waals surface area contributed by atoms with Crippen molar-refractivity contribution in [3.63, 3.8) is 0 Å². The second-order valence-electron chi connectivity index (χ2n) is 4.57. The van der Waals surface area contributed by atoms with Gasteiger partial charge in [-0.1, -0.05) is 24.3 Å². The molecule has 0 atom stereocenters. The zero-order valence-electron chi connectivity index (χ0n) is 11.1. The predicted molar refractivity (Wildman–Crippen MR) is 72.9 cm³/mol. The molecule has 0 unspecified atom stereocenters. The first-order valence-electron chi connectivity index (χ1n) is 6.35. The summed E-state index contributed by atoms with van der Waals surface area (Å²) < 4.78 is 15.8. The van der Waals surface area contributed by atoms with Crippen molar-refractivity contribution in [3.05, 3.63) is 59.2 Å². The lowest BCUT2D eigenvalue weighted by atomic mass is 10.1. The van der Waals surface area contributed by atoms with E-state index in [0.29, 0.717) is 17.1 Å². The third-order valence-corrected chi connectivity index (χ3v) is 3.23. The maximum absolute atomic E-state index is 12.0. The Labute approximate surface area is 116 Å². The highest BCUT2D eigenvalue weighted by atomic mass is 16.7. The molecule has 1 aliphatic rings.